The average Bonchev–Trinajstić information content (AvgIpc) is 0.901. The maximum Gasteiger partial charge on any atom is 0.472 e. The summed E-state index contributed by atoms with van der Waals surface area (Å²) in [5.41, 5.74) is 0. The quantitative estimate of drug-likeness (QED) is 0.0222. The molecule has 0 saturated heterocycles. The first-order valence-electron chi connectivity index (χ1n) is 46.5. The summed E-state index contributed by atoms with van der Waals surface area (Å²) in [5, 5.41) is 10.7. The van der Waals surface area contributed by atoms with Gasteiger partial charge in [-0.05, 0) is 37.5 Å². The van der Waals surface area contributed by atoms with Crippen molar-refractivity contribution in [3.8, 4) is 0 Å². The first-order chi connectivity index (χ1) is 52.9. The molecule has 0 saturated carbocycles. The van der Waals surface area contributed by atoms with Gasteiger partial charge in [-0.15, -0.1) is 0 Å². The lowest BCUT2D eigenvalue weighted by Gasteiger charge is -2.21. The molecule has 0 spiro atoms. The highest BCUT2D eigenvalue weighted by Gasteiger charge is 2.31. The fourth-order valence-electron chi connectivity index (χ4n) is 14.1. The van der Waals surface area contributed by atoms with E-state index in [-0.39, 0.29) is 25.7 Å². The zero-order chi connectivity index (χ0) is 79.9. The molecule has 0 aliphatic carbocycles. The maximum atomic E-state index is 13.2. The topological polar surface area (TPSA) is 237 Å². The Hall–Kier alpha value is -1.94. The summed E-state index contributed by atoms with van der Waals surface area (Å²) in [4.78, 5) is 73.4. The number of carbonyl (C=O) groups is 4. The van der Waals surface area contributed by atoms with Crippen LogP contribution in [0.5, 0.6) is 0 Å². The summed E-state index contributed by atoms with van der Waals surface area (Å²) in [6, 6.07) is 0. The zero-order valence-electron chi connectivity index (χ0n) is 71.9. The van der Waals surface area contributed by atoms with Gasteiger partial charge in [0.1, 0.15) is 19.3 Å². The summed E-state index contributed by atoms with van der Waals surface area (Å²) in [5.74, 6) is -0.568. The van der Waals surface area contributed by atoms with Crippen LogP contribution in [0.4, 0.5) is 0 Å². The van der Waals surface area contributed by atoms with Crippen LogP contribution in [0.2, 0.25) is 0 Å². The van der Waals surface area contributed by atoms with Gasteiger partial charge in [-0.3, -0.25) is 37.3 Å². The second kappa shape index (κ2) is 81.2. The number of carbonyl (C=O) groups excluding carboxylic acids is 4. The fourth-order valence-corrected chi connectivity index (χ4v) is 15.7. The number of hydrogen-bond donors (Lipinski definition) is 3. The third-order valence-electron chi connectivity index (χ3n) is 21.2. The molecule has 0 radical (unpaired) electrons. The number of phosphoric ester groups is 2. The summed E-state index contributed by atoms with van der Waals surface area (Å²) < 4.78 is 69.0. The van der Waals surface area contributed by atoms with Gasteiger partial charge in [0.15, 0.2) is 12.2 Å². The van der Waals surface area contributed by atoms with Crippen molar-refractivity contribution in [1.82, 2.24) is 0 Å². The minimum atomic E-state index is -4.97. The number of aliphatic hydroxyl groups is 1. The Balaban J connectivity index is 5.24. The lowest BCUT2D eigenvalue weighted by molar-refractivity contribution is -0.161. The molecule has 0 aromatic rings. The first-order valence-corrected chi connectivity index (χ1v) is 49.5. The van der Waals surface area contributed by atoms with Gasteiger partial charge in [0.25, 0.3) is 0 Å². The second-order valence-corrected chi connectivity index (χ2v) is 36.2. The zero-order valence-corrected chi connectivity index (χ0v) is 73.7. The Morgan fingerprint density at radius 1 is 0.248 bits per heavy atom. The lowest BCUT2D eigenvalue weighted by Crippen LogP contribution is -2.30. The van der Waals surface area contributed by atoms with Crippen LogP contribution in [-0.4, -0.2) is 96.7 Å². The van der Waals surface area contributed by atoms with Gasteiger partial charge in [0, 0.05) is 25.7 Å². The van der Waals surface area contributed by atoms with E-state index in [1.165, 1.54) is 302 Å². The van der Waals surface area contributed by atoms with E-state index in [0.29, 0.717) is 25.7 Å². The van der Waals surface area contributed by atoms with Crippen molar-refractivity contribution in [3.63, 3.8) is 0 Å². The van der Waals surface area contributed by atoms with Crippen LogP contribution >= 0.6 is 15.6 Å². The molecule has 0 amide bonds. The molecule has 109 heavy (non-hydrogen) atoms. The van der Waals surface area contributed by atoms with Crippen LogP contribution in [-0.2, 0) is 65.4 Å². The molecule has 0 aliphatic rings. The van der Waals surface area contributed by atoms with E-state index in [1.807, 2.05) is 0 Å². The first kappa shape index (κ1) is 107. The van der Waals surface area contributed by atoms with Gasteiger partial charge in [-0.2, -0.15) is 0 Å². The molecule has 0 aliphatic heterocycles. The van der Waals surface area contributed by atoms with E-state index in [2.05, 4.69) is 41.5 Å². The van der Waals surface area contributed by atoms with Crippen molar-refractivity contribution in [1.29, 1.82) is 0 Å². The van der Waals surface area contributed by atoms with Crippen LogP contribution in [0.25, 0.3) is 0 Å². The summed E-state index contributed by atoms with van der Waals surface area (Å²) >= 11 is 0. The Kier molecular flexibility index (Phi) is 79.8. The number of phosphoric acid groups is 2. The van der Waals surface area contributed by atoms with Gasteiger partial charge in [-0.25, -0.2) is 9.13 Å². The highest BCUT2D eigenvalue weighted by atomic mass is 31.2. The molecule has 2 unspecified atom stereocenters. The molecule has 0 aromatic heterocycles. The van der Waals surface area contributed by atoms with Crippen molar-refractivity contribution in [2.24, 2.45) is 11.8 Å². The molecule has 0 bridgehead atoms. The number of aliphatic hydroxyl groups excluding tert-OH is 1. The molecule has 17 nitrogen and oxygen atoms in total. The van der Waals surface area contributed by atoms with E-state index in [0.717, 1.165) is 102 Å². The van der Waals surface area contributed by atoms with E-state index >= 15 is 0 Å². The van der Waals surface area contributed by atoms with E-state index in [1.54, 1.807) is 0 Å². The lowest BCUT2D eigenvalue weighted by atomic mass is 10.0. The van der Waals surface area contributed by atoms with Crippen LogP contribution in [0.15, 0.2) is 0 Å². The largest absolute Gasteiger partial charge is 0.472 e. The van der Waals surface area contributed by atoms with Crippen molar-refractivity contribution < 1.29 is 80.2 Å². The number of rotatable bonds is 89. The van der Waals surface area contributed by atoms with E-state index < -0.39 is 97.5 Å². The maximum absolute atomic E-state index is 13.2. The molecule has 3 N–H and O–H groups in total. The molecule has 648 valence electrons. The van der Waals surface area contributed by atoms with Gasteiger partial charge < -0.3 is 33.8 Å². The van der Waals surface area contributed by atoms with E-state index in [9.17, 15) is 43.2 Å². The minimum Gasteiger partial charge on any atom is -0.462 e. The third kappa shape index (κ3) is 83.8. The summed E-state index contributed by atoms with van der Waals surface area (Å²) in [7, 11) is -9.93. The second-order valence-electron chi connectivity index (χ2n) is 33.3. The number of esters is 4. The summed E-state index contributed by atoms with van der Waals surface area (Å²) in [6.07, 6.45) is 75.1. The molecule has 0 fully saturated rings. The molecule has 0 heterocycles. The monoisotopic (exact) mass is 1590 g/mol. The third-order valence-corrected chi connectivity index (χ3v) is 23.1. The molecular formula is C90H176O17P2. The predicted octanol–water partition coefficient (Wildman–Crippen LogP) is 27.8. The smallest absolute Gasteiger partial charge is 0.462 e. The van der Waals surface area contributed by atoms with Crippen LogP contribution < -0.4 is 0 Å². The molecular weight excluding hydrogens is 1410 g/mol. The van der Waals surface area contributed by atoms with E-state index in [4.69, 9.17) is 37.0 Å². The number of hydrogen-bond acceptors (Lipinski definition) is 15. The van der Waals surface area contributed by atoms with Crippen molar-refractivity contribution in [3.05, 3.63) is 0 Å². The van der Waals surface area contributed by atoms with Crippen molar-refractivity contribution in [2.45, 2.75) is 503 Å². The van der Waals surface area contributed by atoms with Gasteiger partial charge in [0.05, 0.1) is 26.4 Å². The van der Waals surface area contributed by atoms with Crippen molar-refractivity contribution in [2.75, 3.05) is 39.6 Å². The van der Waals surface area contributed by atoms with Gasteiger partial charge in [-0.1, -0.05) is 433 Å². The minimum absolute atomic E-state index is 0.107. The highest BCUT2D eigenvalue weighted by molar-refractivity contribution is 7.47. The SMILES string of the molecule is CCCCCCCCCCCCCCCCCCCCCCCCC(=O)O[C@H](COC(=O)CCCCCCCCCCCCCCCCCCCCC)COP(=O)(O)OC[C@@H](O)COP(=O)(O)OC[C@@H](COC(=O)CCCCCCCCCCCC(C)C)OC(=O)CCCCCCCCCCCCCCCC(C)C. The molecule has 0 aromatic carbocycles. The van der Waals surface area contributed by atoms with Crippen LogP contribution in [0.3, 0.4) is 0 Å². The van der Waals surface area contributed by atoms with Gasteiger partial charge in [0.2, 0.25) is 0 Å². The Morgan fingerprint density at radius 3 is 0.624 bits per heavy atom. The van der Waals surface area contributed by atoms with Gasteiger partial charge >= 0.3 is 39.5 Å². The fraction of sp³-hybridized carbons (Fsp3) is 0.956. The normalized spacial score (nSPS) is 13.8. The van der Waals surface area contributed by atoms with Crippen molar-refractivity contribution >= 4 is 39.5 Å². The predicted molar refractivity (Wildman–Crippen MR) is 451 cm³/mol. The Bertz CT molecular complexity index is 2080. The number of unbranched alkanes of at least 4 members (excludes halogenated alkanes) is 59. The Labute approximate surface area is 670 Å². The molecule has 19 heteroatoms. The van der Waals surface area contributed by atoms with Crippen LogP contribution in [0, 0.1) is 11.8 Å². The molecule has 5 atom stereocenters. The number of ether oxygens (including phenoxy) is 4. The standard InChI is InChI=1S/C90H176O17P2/c1-7-9-11-13-15-17-19-21-23-25-27-28-29-31-33-35-39-43-49-56-62-68-74-89(94)106-85(78-100-87(92)72-66-60-54-48-42-38-34-32-30-26-24-22-20-18-16-14-12-10-8-2)80-104-108(96,97)102-76-84(91)77-103-109(98,99)105-81-86(79-101-88(93)73-67-61-55-51-45-47-53-59-65-71-83(5)6)107-90(95)75-69-63-57-50-44-40-36-37-41-46-52-58-64-70-82(3)4/h82-86,91H,7-81H2,1-6H3,(H,96,97)(H,98,99)/t84-,85-,86-/m1/s1. The molecule has 0 rings (SSSR count). The van der Waals surface area contributed by atoms with Crippen LogP contribution in [0.1, 0.15) is 485 Å². The highest BCUT2D eigenvalue weighted by Crippen LogP contribution is 2.45. The Morgan fingerprint density at radius 2 is 0.422 bits per heavy atom. The average molecular weight is 1590 g/mol. The summed E-state index contributed by atoms with van der Waals surface area (Å²) in [6.45, 7) is 9.69.